The number of carbonyl (C=O) groups excluding carboxylic acids is 2. The van der Waals surface area contributed by atoms with Crippen molar-refractivity contribution in [3.63, 3.8) is 0 Å². The molecule has 0 aromatic rings. The number of ether oxygens (including phenoxy) is 4. The zero-order valence-electron chi connectivity index (χ0n) is 23.9. The van der Waals surface area contributed by atoms with Gasteiger partial charge >= 0.3 is 11.9 Å². The quantitative estimate of drug-likeness (QED) is 0.189. The van der Waals surface area contributed by atoms with Crippen molar-refractivity contribution in [2.75, 3.05) is 26.4 Å². The summed E-state index contributed by atoms with van der Waals surface area (Å²) in [5.74, 6) is 0.930. The lowest BCUT2D eigenvalue weighted by atomic mass is 9.71. The second kappa shape index (κ2) is 17.1. The number of nitriles is 1. The van der Waals surface area contributed by atoms with E-state index in [1.165, 1.54) is 38.5 Å². The van der Waals surface area contributed by atoms with E-state index in [-0.39, 0.29) is 29.9 Å². The fraction of sp³-hybridized carbons (Fsp3) is 0.903. The molecule has 0 amide bonds. The molecule has 7 heteroatoms. The number of esters is 2. The number of nitrogens with zero attached hydrogens (tertiary/aromatic N) is 1. The molecule has 0 spiro atoms. The van der Waals surface area contributed by atoms with Crippen molar-refractivity contribution < 1.29 is 28.5 Å². The maximum absolute atomic E-state index is 12.3. The van der Waals surface area contributed by atoms with Gasteiger partial charge in [0.1, 0.15) is 0 Å². The van der Waals surface area contributed by atoms with Gasteiger partial charge in [-0.25, -0.2) is 0 Å². The van der Waals surface area contributed by atoms with E-state index in [4.69, 9.17) is 24.2 Å². The Labute approximate surface area is 230 Å². The van der Waals surface area contributed by atoms with Crippen molar-refractivity contribution >= 4 is 11.9 Å². The lowest BCUT2D eigenvalue weighted by Crippen LogP contribution is -2.37. The minimum absolute atomic E-state index is 0.104. The largest absolute Gasteiger partial charge is 0.466 e. The molecule has 0 radical (unpaired) electrons. The van der Waals surface area contributed by atoms with Gasteiger partial charge in [-0.1, -0.05) is 12.8 Å². The molecule has 0 aromatic carbocycles. The second-order valence-electron chi connectivity index (χ2n) is 11.7. The van der Waals surface area contributed by atoms with E-state index in [2.05, 4.69) is 6.07 Å². The predicted molar refractivity (Wildman–Crippen MR) is 145 cm³/mol. The van der Waals surface area contributed by atoms with Crippen LogP contribution >= 0.6 is 0 Å². The summed E-state index contributed by atoms with van der Waals surface area (Å²) in [6.45, 7) is 5.80. The molecule has 0 saturated heterocycles. The van der Waals surface area contributed by atoms with Crippen molar-refractivity contribution in [2.45, 2.75) is 122 Å². The number of carbonyl (C=O) groups is 2. The topological polar surface area (TPSA) is 94.9 Å². The maximum Gasteiger partial charge on any atom is 0.309 e. The molecule has 7 nitrogen and oxygen atoms in total. The van der Waals surface area contributed by atoms with E-state index in [0.717, 1.165) is 57.0 Å². The third kappa shape index (κ3) is 10.2. The molecule has 0 N–H and O–H groups in total. The lowest BCUT2D eigenvalue weighted by molar-refractivity contribution is -0.158. The minimum atomic E-state index is -0.297. The van der Waals surface area contributed by atoms with Gasteiger partial charge in [0.05, 0.1) is 43.3 Å². The monoisotopic (exact) mass is 533 g/mol. The SMILES string of the molecule is CCOC(=O)C1CC(OCCCCCCOC2CCC(C3CCC(C#N)CC3)CC2)CC(C(=O)OCC)C1. The highest BCUT2D eigenvalue weighted by molar-refractivity contribution is 5.76. The molecule has 2 atom stereocenters. The summed E-state index contributed by atoms with van der Waals surface area (Å²) in [5.41, 5.74) is 0. The van der Waals surface area contributed by atoms with Crippen LogP contribution in [0, 0.1) is 40.9 Å². The van der Waals surface area contributed by atoms with Crippen molar-refractivity contribution in [3.8, 4) is 6.07 Å². The van der Waals surface area contributed by atoms with Gasteiger partial charge in [-0.3, -0.25) is 9.59 Å². The van der Waals surface area contributed by atoms with Crippen LogP contribution in [0.25, 0.3) is 0 Å². The van der Waals surface area contributed by atoms with E-state index < -0.39 is 0 Å². The predicted octanol–water partition coefficient (Wildman–Crippen LogP) is 6.38. The first-order valence-corrected chi connectivity index (χ1v) is 15.5. The molecule has 0 aromatic heterocycles. The third-order valence-electron chi connectivity index (χ3n) is 8.99. The Balaban J connectivity index is 1.23. The smallest absolute Gasteiger partial charge is 0.309 e. The number of rotatable bonds is 14. The Morgan fingerprint density at radius 3 is 1.61 bits per heavy atom. The summed E-state index contributed by atoms with van der Waals surface area (Å²) in [4.78, 5) is 24.6. The molecule has 0 heterocycles. The van der Waals surface area contributed by atoms with Crippen molar-refractivity contribution in [2.24, 2.45) is 29.6 Å². The molecule has 3 aliphatic carbocycles. The molecule has 0 bridgehead atoms. The molecule has 216 valence electrons. The van der Waals surface area contributed by atoms with E-state index in [0.29, 0.717) is 51.1 Å². The Bertz CT molecular complexity index is 709. The summed E-state index contributed by atoms with van der Waals surface area (Å²) in [6.07, 6.45) is 16.0. The van der Waals surface area contributed by atoms with Crippen molar-refractivity contribution in [3.05, 3.63) is 0 Å². The molecule has 3 fully saturated rings. The number of hydrogen-bond acceptors (Lipinski definition) is 7. The Morgan fingerprint density at radius 2 is 1.13 bits per heavy atom. The Morgan fingerprint density at radius 1 is 0.658 bits per heavy atom. The number of hydrogen-bond donors (Lipinski definition) is 0. The normalized spacial score (nSPS) is 31.8. The van der Waals surface area contributed by atoms with Crippen LogP contribution in [0.2, 0.25) is 0 Å². The molecule has 3 rings (SSSR count). The summed E-state index contributed by atoms with van der Waals surface area (Å²) in [6, 6.07) is 2.45. The number of unbranched alkanes of at least 4 members (excludes halogenated alkanes) is 3. The summed E-state index contributed by atoms with van der Waals surface area (Å²) in [5, 5.41) is 9.12. The van der Waals surface area contributed by atoms with Crippen LogP contribution in [0.4, 0.5) is 0 Å². The summed E-state index contributed by atoms with van der Waals surface area (Å²) >= 11 is 0. The van der Waals surface area contributed by atoms with E-state index in [9.17, 15) is 9.59 Å². The molecule has 3 aliphatic rings. The Kier molecular flexibility index (Phi) is 13.9. The van der Waals surface area contributed by atoms with Gasteiger partial charge in [-0.2, -0.15) is 5.26 Å². The average molecular weight is 534 g/mol. The fourth-order valence-corrected chi connectivity index (χ4v) is 6.81. The first-order chi connectivity index (χ1) is 18.5. The molecular formula is C31H51NO6. The van der Waals surface area contributed by atoms with Gasteiger partial charge in [-0.15, -0.1) is 0 Å². The Hall–Kier alpha value is -1.65. The van der Waals surface area contributed by atoms with Crippen LogP contribution in [-0.4, -0.2) is 50.6 Å². The highest BCUT2D eigenvalue weighted by Crippen LogP contribution is 2.40. The van der Waals surface area contributed by atoms with Gasteiger partial charge in [-0.05, 0) is 109 Å². The van der Waals surface area contributed by atoms with E-state index in [1.807, 2.05) is 0 Å². The maximum atomic E-state index is 12.3. The van der Waals surface area contributed by atoms with Gasteiger partial charge in [0.25, 0.3) is 0 Å². The van der Waals surface area contributed by atoms with Crippen LogP contribution in [-0.2, 0) is 28.5 Å². The van der Waals surface area contributed by atoms with Crippen LogP contribution < -0.4 is 0 Å². The molecular weight excluding hydrogens is 482 g/mol. The lowest BCUT2D eigenvalue weighted by Gasteiger charge is -2.36. The van der Waals surface area contributed by atoms with Gasteiger partial charge in [0, 0.05) is 19.1 Å². The van der Waals surface area contributed by atoms with Crippen LogP contribution in [0.15, 0.2) is 0 Å². The molecule has 3 saturated carbocycles. The average Bonchev–Trinajstić information content (AvgIpc) is 2.95. The second-order valence-corrected chi connectivity index (χ2v) is 11.7. The van der Waals surface area contributed by atoms with Gasteiger partial charge in [0.15, 0.2) is 0 Å². The van der Waals surface area contributed by atoms with Crippen molar-refractivity contribution in [1.29, 1.82) is 5.26 Å². The molecule has 0 aliphatic heterocycles. The van der Waals surface area contributed by atoms with Gasteiger partial charge in [0.2, 0.25) is 0 Å². The van der Waals surface area contributed by atoms with E-state index >= 15 is 0 Å². The third-order valence-corrected chi connectivity index (χ3v) is 8.99. The highest BCUT2D eigenvalue weighted by Gasteiger charge is 2.38. The molecule has 38 heavy (non-hydrogen) atoms. The van der Waals surface area contributed by atoms with Crippen LogP contribution in [0.5, 0.6) is 0 Å². The van der Waals surface area contributed by atoms with E-state index in [1.54, 1.807) is 13.8 Å². The van der Waals surface area contributed by atoms with Gasteiger partial charge < -0.3 is 18.9 Å². The summed E-state index contributed by atoms with van der Waals surface area (Å²) in [7, 11) is 0. The van der Waals surface area contributed by atoms with Crippen molar-refractivity contribution in [1.82, 2.24) is 0 Å². The zero-order valence-corrected chi connectivity index (χ0v) is 23.9. The fourth-order valence-electron chi connectivity index (χ4n) is 6.81. The highest BCUT2D eigenvalue weighted by atomic mass is 16.5. The standard InChI is InChI=1S/C31H51NO6/c1-3-35-30(33)26-19-27(31(34)36-4-2)21-29(20-26)38-18-8-6-5-7-17-37-28-15-13-25(14-16-28)24-11-9-23(22-32)10-12-24/h23-29H,3-21H2,1-2H3. The summed E-state index contributed by atoms with van der Waals surface area (Å²) < 4.78 is 22.7. The first kappa shape index (κ1) is 30.9. The molecule has 2 unspecified atom stereocenters. The van der Waals surface area contributed by atoms with Crippen LogP contribution in [0.1, 0.15) is 110 Å². The first-order valence-electron chi connectivity index (χ1n) is 15.5. The zero-order chi connectivity index (χ0) is 27.2. The minimum Gasteiger partial charge on any atom is -0.466 e. The van der Waals surface area contributed by atoms with Crippen LogP contribution in [0.3, 0.4) is 0 Å².